The van der Waals surface area contributed by atoms with Crippen LogP contribution in [0.4, 0.5) is 0 Å². The van der Waals surface area contributed by atoms with E-state index in [2.05, 4.69) is 10.0 Å². The van der Waals surface area contributed by atoms with Gasteiger partial charge in [-0.15, -0.1) is 0 Å². The molecule has 2 unspecified atom stereocenters. The Bertz CT molecular complexity index is 342. The number of rotatable bonds is 3. The normalized spacial score (nSPS) is 31.9. The van der Waals surface area contributed by atoms with Gasteiger partial charge in [-0.25, -0.2) is 0 Å². The highest BCUT2D eigenvalue weighted by Gasteiger charge is 2.37. The molecule has 5 nitrogen and oxygen atoms in total. The molecule has 0 radical (unpaired) electrons. The first-order valence-electron chi connectivity index (χ1n) is 6.00. The Morgan fingerprint density at radius 2 is 2.12 bits per heavy atom. The van der Waals surface area contributed by atoms with Crippen LogP contribution in [0.25, 0.3) is 0 Å². The van der Waals surface area contributed by atoms with Crippen LogP contribution in [-0.2, 0) is 10.2 Å². The minimum atomic E-state index is -3.27. The minimum Gasteiger partial charge on any atom is -0.314 e. The fourth-order valence-electron chi connectivity index (χ4n) is 2.60. The Balaban J connectivity index is 2.00. The first-order chi connectivity index (χ1) is 7.49. The van der Waals surface area contributed by atoms with E-state index in [1.165, 1.54) is 0 Å². The summed E-state index contributed by atoms with van der Waals surface area (Å²) in [6.45, 7) is 6.03. The molecular weight excluding hydrogens is 226 g/mol. The van der Waals surface area contributed by atoms with Gasteiger partial charge in [0.15, 0.2) is 0 Å². The van der Waals surface area contributed by atoms with Crippen LogP contribution < -0.4 is 10.0 Å². The molecule has 2 N–H and O–H groups in total. The Morgan fingerprint density at radius 1 is 1.38 bits per heavy atom. The fourth-order valence-corrected chi connectivity index (χ4v) is 4.08. The third-order valence-electron chi connectivity index (χ3n) is 3.34. The van der Waals surface area contributed by atoms with Gasteiger partial charge in [0.1, 0.15) is 0 Å². The quantitative estimate of drug-likeness (QED) is 0.733. The molecule has 2 saturated heterocycles. The molecule has 0 amide bonds. The molecule has 0 aliphatic carbocycles. The summed E-state index contributed by atoms with van der Waals surface area (Å²) in [7, 11) is -3.27. The number of hydrogen-bond donors (Lipinski definition) is 2. The summed E-state index contributed by atoms with van der Waals surface area (Å²) >= 11 is 0. The van der Waals surface area contributed by atoms with Crippen LogP contribution in [0.1, 0.15) is 26.7 Å². The maximum Gasteiger partial charge on any atom is 0.279 e. The molecule has 2 fully saturated rings. The van der Waals surface area contributed by atoms with Crippen LogP contribution >= 0.6 is 0 Å². The number of fused-ring (bicyclic) bond motifs is 1. The highest BCUT2D eigenvalue weighted by molar-refractivity contribution is 7.87. The Hall–Kier alpha value is -0.170. The molecule has 0 aromatic rings. The third kappa shape index (κ3) is 2.56. The van der Waals surface area contributed by atoms with E-state index in [-0.39, 0.29) is 6.04 Å². The van der Waals surface area contributed by atoms with Gasteiger partial charge in [0.05, 0.1) is 0 Å². The van der Waals surface area contributed by atoms with Crippen LogP contribution in [0, 0.1) is 5.92 Å². The van der Waals surface area contributed by atoms with Crippen molar-refractivity contribution in [1.82, 2.24) is 14.3 Å². The van der Waals surface area contributed by atoms with Crippen molar-refractivity contribution in [3.05, 3.63) is 0 Å². The number of nitrogens with one attached hydrogen (secondary N) is 2. The standard InChI is InChI=1S/C10H21N3O2S/c1-8(2)12-16(14,15)13-6-4-10-9(7-13)3-5-11-10/h8-12H,3-7H2,1-2H3. The maximum absolute atomic E-state index is 12.0. The van der Waals surface area contributed by atoms with Crippen LogP contribution in [0.2, 0.25) is 0 Å². The number of nitrogens with zero attached hydrogens (tertiary/aromatic N) is 1. The van der Waals surface area contributed by atoms with E-state index in [0.29, 0.717) is 25.0 Å². The van der Waals surface area contributed by atoms with Crippen LogP contribution in [0.15, 0.2) is 0 Å². The number of piperidine rings is 1. The van der Waals surface area contributed by atoms with Gasteiger partial charge in [-0.3, -0.25) is 0 Å². The summed E-state index contributed by atoms with van der Waals surface area (Å²) in [5.74, 6) is 0.498. The molecule has 0 aromatic carbocycles. The van der Waals surface area contributed by atoms with Gasteiger partial charge in [-0.1, -0.05) is 0 Å². The van der Waals surface area contributed by atoms with Gasteiger partial charge in [0.25, 0.3) is 10.2 Å². The Labute approximate surface area is 97.8 Å². The molecular formula is C10H21N3O2S. The predicted molar refractivity (Wildman–Crippen MR) is 63.3 cm³/mol. The topological polar surface area (TPSA) is 61.4 Å². The first-order valence-corrected chi connectivity index (χ1v) is 7.44. The summed E-state index contributed by atoms with van der Waals surface area (Å²) in [6.07, 6.45) is 2.03. The smallest absolute Gasteiger partial charge is 0.279 e. The molecule has 0 spiro atoms. The highest BCUT2D eigenvalue weighted by Crippen LogP contribution is 2.25. The van der Waals surface area contributed by atoms with Crippen molar-refractivity contribution in [1.29, 1.82) is 0 Å². The molecule has 0 saturated carbocycles. The van der Waals surface area contributed by atoms with Gasteiger partial charge in [0.2, 0.25) is 0 Å². The van der Waals surface area contributed by atoms with Crippen molar-refractivity contribution in [2.45, 2.75) is 38.8 Å². The average molecular weight is 247 g/mol. The van der Waals surface area contributed by atoms with Crippen molar-refractivity contribution < 1.29 is 8.42 Å². The van der Waals surface area contributed by atoms with Crippen molar-refractivity contribution in [2.75, 3.05) is 19.6 Å². The second kappa shape index (κ2) is 4.60. The summed E-state index contributed by atoms with van der Waals surface area (Å²) in [5, 5.41) is 3.43. The molecule has 16 heavy (non-hydrogen) atoms. The zero-order chi connectivity index (χ0) is 11.8. The lowest BCUT2D eigenvalue weighted by Crippen LogP contribution is -2.51. The van der Waals surface area contributed by atoms with Gasteiger partial charge < -0.3 is 5.32 Å². The molecule has 94 valence electrons. The van der Waals surface area contributed by atoms with Crippen LogP contribution in [0.5, 0.6) is 0 Å². The second-order valence-corrected chi connectivity index (χ2v) is 6.74. The fraction of sp³-hybridized carbons (Fsp3) is 1.00. The summed E-state index contributed by atoms with van der Waals surface area (Å²) in [6, 6.07) is 0.495. The summed E-state index contributed by atoms with van der Waals surface area (Å²) < 4.78 is 28.2. The van der Waals surface area contributed by atoms with Crippen LogP contribution in [-0.4, -0.2) is 44.4 Å². The maximum atomic E-state index is 12.0. The lowest BCUT2D eigenvalue weighted by atomic mass is 9.95. The molecule has 0 bridgehead atoms. The van der Waals surface area contributed by atoms with Gasteiger partial charge in [-0.05, 0) is 39.2 Å². The second-order valence-electron chi connectivity index (χ2n) is 5.03. The van der Waals surface area contributed by atoms with E-state index in [1.807, 2.05) is 13.8 Å². The van der Waals surface area contributed by atoms with Crippen molar-refractivity contribution >= 4 is 10.2 Å². The van der Waals surface area contributed by atoms with Crippen LogP contribution in [0.3, 0.4) is 0 Å². The highest BCUT2D eigenvalue weighted by atomic mass is 32.2. The molecule has 2 rings (SSSR count). The Morgan fingerprint density at radius 3 is 2.81 bits per heavy atom. The largest absolute Gasteiger partial charge is 0.314 e. The third-order valence-corrected chi connectivity index (χ3v) is 5.12. The van der Waals surface area contributed by atoms with E-state index >= 15 is 0 Å². The zero-order valence-corrected chi connectivity index (χ0v) is 10.8. The van der Waals surface area contributed by atoms with Crippen molar-refractivity contribution in [3.63, 3.8) is 0 Å². The molecule has 6 heteroatoms. The monoisotopic (exact) mass is 247 g/mol. The van der Waals surface area contributed by atoms with Gasteiger partial charge in [-0.2, -0.15) is 17.4 Å². The average Bonchev–Trinajstić information content (AvgIpc) is 2.61. The van der Waals surface area contributed by atoms with E-state index in [4.69, 9.17) is 0 Å². The van der Waals surface area contributed by atoms with E-state index < -0.39 is 10.2 Å². The van der Waals surface area contributed by atoms with E-state index in [1.54, 1.807) is 4.31 Å². The lowest BCUT2D eigenvalue weighted by molar-refractivity contribution is 0.244. The molecule has 2 aliphatic rings. The van der Waals surface area contributed by atoms with E-state index in [0.717, 1.165) is 19.4 Å². The van der Waals surface area contributed by atoms with E-state index in [9.17, 15) is 8.42 Å². The Kier molecular flexibility index (Phi) is 3.53. The molecule has 0 aromatic heterocycles. The SMILES string of the molecule is CC(C)NS(=O)(=O)N1CCC2NCCC2C1. The molecule has 2 aliphatic heterocycles. The molecule has 2 atom stereocenters. The van der Waals surface area contributed by atoms with Crippen molar-refractivity contribution in [2.24, 2.45) is 5.92 Å². The predicted octanol–water partition coefficient (Wildman–Crippen LogP) is -0.0870. The summed E-state index contributed by atoms with van der Waals surface area (Å²) in [5.41, 5.74) is 0. The summed E-state index contributed by atoms with van der Waals surface area (Å²) in [4.78, 5) is 0. The van der Waals surface area contributed by atoms with Gasteiger partial charge >= 0.3 is 0 Å². The first kappa shape index (κ1) is 12.3. The lowest BCUT2D eigenvalue weighted by Gasteiger charge is -2.34. The van der Waals surface area contributed by atoms with Crippen molar-refractivity contribution in [3.8, 4) is 0 Å². The van der Waals surface area contributed by atoms with Gasteiger partial charge in [0, 0.05) is 25.2 Å². The molecule has 2 heterocycles. The minimum absolute atomic E-state index is 0.0376. The number of hydrogen-bond acceptors (Lipinski definition) is 3. The zero-order valence-electron chi connectivity index (χ0n) is 9.94.